The summed E-state index contributed by atoms with van der Waals surface area (Å²) >= 11 is 0. The van der Waals surface area contributed by atoms with Gasteiger partial charge in [-0.1, -0.05) is 71.1 Å². The molecule has 1 atom stereocenters. The van der Waals surface area contributed by atoms with Gasteiger partial charge in [0, 0.05) is 6.04 Å². The van der Waals surface area contributed by atoms with Crippen LogP contribution in [0.2, 0.25) is 0 Å². The largest absolute Gasteiger partial charge is 0.328 e. The summed E-state index contributed by atoms with van der Waals surface area (Å²) in [6.07, 6.45) is 14.2. The lowest BCUT2D eigenvalue weighted by Crippen LogP contribution is -2.21. The van der Waals surface area contributed by atoms with E-state index < -0.39 is 7.60 Å². The predicted molar refractivity (Wildman–Crippen MR) is 86.0 cm³/mol. The van der Waals surface area contributed by atoms with E-state index in [0.29, 0.717) is 6.42 Å². The van der Waals surface area contributed by atoms with Gasteiger partial charge in [0.05, 0.1) is 6.16 Å². The van der Waals surface area contributed by atoms with Gasteiger partial charge >= 0.3 is 7.60 Å². The van der Waals surface area contributed by atoms with Crippen LogP contribution in [0, 0.1) is 0 Å². The summed E-state index contributed by atoms with van der Waals surface area (Å²) in [5, 5.41) is 0. The van der Waals surface area contributed by atoms with Crippen molar-refractivity contribution >= 4 is 7.60 Å². The number of unbranched alkanes of at least 4 members (excludes halogenated alkanes) is 9. The van der Waals surface area contributed by atoms with Gasteiger partial charge in [-0.2, -0.15) is 0 Å². The van der Waals surface area contributed by atoms with Gasteiger partial charge in [-0.15, -0.1) is 0 Å². The molecule has 0 aromatic carbocycles. The molecule has 0 amide bonds. The number of nitrogens with two attached hydrogens (primary N) is 1. The molecule has 0 aliphatic heterocycles. The van der Waals surface area contributed by atoms with Crippen molar-refractivity contribution in [1.29, 1.82) is 0 Å². The predicted octanol–water partition coefficient (Wildman–Crippen LogP) is 4.19. The van der Waals surface area contributed by atoms with Crippen molar-refractivity contribution in [2.45, 2.75) is 90.0 Å². The highest BCUT2D eigenvalue weighted by molar-refractivity contribution is 7.51. The minimum atomic E-state index is -3.87. The van der Waals surface area contributed by atoms with Gasteiger partial charge in [-0.25, -0.2) is 0 Å². The lowest BCUT2D eigenvalue weighted by atomic mass is 10.0. The first kappa shape index (κ1) is 20.1. The molecule has 0 bridgehead atoms. The topological polar surface area (TPSA) is 83.6 Å². The molecular weight excluding hydrogens is 273 g/mol. The highest BCUT2D eigenvalue weighted by Crippen LogP contribution is 2.35. The van der Waals surface area contributed by atoms with E-state index in [2.05, 4.69) is 6.92 Å². The van der Waals surface area contributed by atoms with Crippen molar-refractivity contribution in [2.24, 2.45) is 5.73 Å². The summed E-state index contributed by atoms with van der Waals surface area (Å²) in [4.78, 5) is 17.5. The van der Waals surface area contributed by atoms with E-state index in [1.165, 1.54) is 57.8 Å². The van der Waals surface area contributed by atoms with Gasteiger partial charge in [0.15, 0.2) is 0 Å². The Bertz CT molecular complexity index is 256. The molecule has 0 spiro atoms. The summed E-state index contributed by atoms with van der Waals surface area (Å²) in [7, 11) is -3.87. The quantitative estimate of drug-likeness (QED) is 0.332. The molecule has 20 heavy (non-hydrogen) atoms. The first-order valence-electron chi connectivity index (χ1n) is 8.26. The Morgan fingerprint density at radius 3 is 1.75 bits per heavy atom. The third-order valence-electron chi connectivity index (χ3n) is 3.72. The SMILES string of the molecule is CCCCCCCCCCCCC(N)CCP(=O)(O)O. The van der Waals surface area contributed by atoms with Crippen molar-refractivity contribution in [1.82, 2.24) is 0 Å². The van der Waals surface area contributed by atoms with Crippen LogP contribution in [0.25, 0.3) is 0 Å². The van der Waals surface area contributed by atoms with Crippen molar-refractivity contribution in [3.8, 4) is 0 Å². The molecule has 0 fully saturated rings. The van der Waals surface area contributed by atoms with Gasteiger partial charge in [0.2, 0.25) is 0 Å². The highest BCUT2D eigenvalue weighted by Gasteiger charge is 2.14. The Labute approximate surface area is 124 Å². The average molecular weight is 307 g/mol. The van der Waals surface area contributed by atoms with E-state index in [4.69, 9.17) is 15.5 Å². The molecule has 0 heterocycles. The minimum absolute atomic E-state index is 0.0586. The second-order valence-electron chi connectivity index (χ2n) is 5.91. The van der Waals surface area contributed by atoms with Gasteiger partial charge in [-0.05, 0) is 12.8 Å². The molecule has 0 rings (SSSR count). The summed E-state index contributed by atoms with van der Waals surface area (Å²) in [5.41, 5.74) is 5.85. The maximum Gasteiger partial charge on any atom is 0.325 e. The number of hydrogen-bond donors (Lipinski definition) is 3. The summed E-state index contributed by atoms with van der Waals surface area (Å²) in [6.45, 7) is 2.24. The smallest absolute Gasteiger partial charge is 0.325 e. The van der Waals surface area contributed by atoms with Crippen LogP contribution in [0.15, 0.2) is 0 Å². The molecule has 0 aromatic rings. The molecule has 0 aliphatic carbocycles. The zero-order chi connectivity index (χ0) is 15.3. The average Bonchev–Trinajstić information content (AvgIpc) is 2.38. The number of rotatable bonds is 14. The van der Waals surface area contributed by atoms with Crippen LogP contribution in [-0.4, -0.2) is 22.0 Å². The van der Waals surface area contributed by atoms with Crippen LogP contribution in [0.5, 0.6) is 0 Å². The highest BCUT2D eigenvalue weighted by atomic mass is 31.2. The van der Waals surface area contributed by atoms with Crippen LogP contribution in [0.1, 0.15) is 84.0 Å². The van der Waals surface area contributed by atoms with Gasteiger partial charge in [0.1, 0.15) is 0 Å². The molecule has 1 unspecified atom stereocenters. The Morgan fingerprint density at radius 1 is 0.850 bits per heavy atom. The monoisotopic (exact) mass is 307 g/mol. The Kier molecular flexibility index (Phi) is 12.9. The first-order valence-corrected chi connectivity index (χ1v) is 10.1. The van der Waals surface area contributed by atoms with Crippen LogP contribution in [0.4, 0.5) is 0 Å². The van der Waals surface area contributed by atoms with E-state index in [1.807, 2.05) is 0 Å². The molecule has 0 aliphatic rings. The number of hydrogen-bond acceptors (Lipinski definition) is 2. The maximum absolute atomic E-state index is 10.7. The molecule has 4 nitrogen and oxygen atoms in total. The van der Waals surface area contributed by atoms with Crippen LogP contribution >= 0.6 is 7.60 Å². The third kappa shape index (κ3) is 16.2. The van der Waals surface area contributed by atoms with Crippen molar-refractivity contribution in [3.05, 3.63) is 0 Å². The fraction of sp³-hybridized carbons (Fsp3) is 1.00. The lowest BCUT2D eigenvalue weighted by Gasteiger charge is -2.11. The van der Waals surface area contributed by atoms with Crippen LogP contribution < -0.4 is 5.73 Å². The van der Waals surface area contributed by atoms with E-state index in [9.17, 15) is 4.57 Å². The zero-order valence-electron chi connectivity index (χ0n) is 13.1. The fourth-order valence-corrected chi connectivity index (χ4v) is 3.04. The molecule has 4 N–H and O–H groups in total. The Hall–Kier alpha value is 0.110. The molecule has 0 saturated carbocycles. The molecular formula is C15H34NO3P. The maximum atomic E-state index is 10.7. The van der Waals surface area contributed by atoms with E-state index >= 15 is 0 Å². The van der Waals surface area contributed by atoms with Crippen molar-refractivity contribution < 1.29 is 14.4 Å². The zero-order valence-corrected chi connectivity index (χ0v) is 14.0. The summed E-state index contributed by atoms with van der Waals surface area (Å²) in [5.74, 6) is 0. The van der Waals surface area contributed by atoms with E-state index in [-0.39, 0.29) is 12.2 Å². The minimum Gasteiger partial charge on any atom is -0.328 e. The van der Waals surface area contributed by atoms with Gasteiger partial charge < -0.3 is 15.5 Å². The van der Waals surface area contributed by atoms with Gasteiger partial charge in [-0.3, -0.25) is 4.57 Å². The van der Waals surface area contributed by atoms with Gasteiger partial charge in [0.25, 0.3) is 0 Å². The molecule has 5 heteroatoms. The Morgan fingerprint density at radius 2 is 1.30 bits per heavy atom. The first-order chi connectivity index (χ1) is 9.45. The standard InChI is InChI=1S/C15H34NO3P/c1-2-3-4-5-6-7-8-9-10-11-12-15(16)13-14-20(17,18)19/h15H,2-14,16H2,1H3,(H2,17,18,19). The summed E-state index contributed by atoms with van der Waals surface area (Å²) in [6, 6.07) is -0.0586. The second kappa shape index (κ2) is 12.8. The molecule has 0 aromatic heterocycles. The van der Waals surface area contributed by atoms with E-state index in [1.54, 1.807) is 0 Å². The lowest BCUT2D eigenvalue weighted by molar-refractivity contribution is 0.368. The molecule has 122 valence electrons. The normalized spacial score (nSPS) is 13.6. The second-order valence-corrected chi connectivity index (χ2v) is 7.68. The van der Waals surface area contributed by atoms with E-state index in [0.717, 1.165) is 12.8 Å². The summed E-state index contributed by atoms with van der Waals surface area (Å²) < 4.78 is 10.7. The van der Waals surface area contributed by atoms with Crippen LogP contribution in [-0.2, 0) is 4.57 Å². The van der Waals surface area contributed by atoms with Crippen molar-refractivity contribution in [3.63, 3.8) is 0 Å². The van der Waals surface area contributed by atoms with Crippen LogP contribution in [0.3, 0.4) is 0 Å². The fourth-order valence-electron chi connectivity index (χ4n) is 2.37. The van der Waals surface area contributed by atoms with Crippen molar-refractivity contribution in [2.75, 3.05) is 6.16 Å². The molecule has 0 saturated heterocycles. The molecule has 0 radical (unpaired) electrons. The Balaban J connectivity index is 3.21. The third-order valence-corrected chi connectivity index (χ3v) is 4.56.